The van der Waals surface area contributed by atoms with Crippen molar-refractivity contribution >= 4 is 22.8 Å². The van der Waals surface area contributed by atoms with Crippen molar-refractivity contribution in [3.63, 3.8) is 0 Å². The molecule has 1 fully saturated rings. The van der Waals surface area contributed by atoms with Crippen LogP contribution in [0.3, 0.4) is 0 Å². The van der Waals surface area contributed by atoms with Gasteiger partial charge in [-0.25, -0.2) is 14.8 Å². The van der Waals surface area contributed by atoms with E-state index in [-0.39, 0.29) is 5.97 Å². The number of hydrogen-bond donors (Lipinski definition) is 0. The van der Waals surface area contributed by atoms with Crippen LogP contribution in [0.4, 0.5) is 5.69 Å². The van der Waals surface area contributed by atoms with Gasteiger partial charge in [0, 0.05) is 26.3 Å². The number of nitrogens with zero attached hydrogens (tertiary/aromatic N) is 4. The van der Waals surface area contributed by atoms with Crippen LogP contribution in [-0.2, 0) is 16.5 Å². The number of fused-ring (bicyclic) bond motifs is 1. The fourth-order valence-electron chi connectivity index (χ4n) is 2.69. The van der Waals surface area contributed by atoms with Gasteiger partial charge in [0.1, 0.15) is 16.9 Å². The number of aryl methyl sites for hydroxylation is 2. The van der Waals surface area contributed by atoms with Crippen LogP contribution in [0.25, 0.3) is 11.2 Å². The van der Waals surface area contributed by atoms with E-state index in [9.17, 15) is 4.79 Å². The lowest BCUT2D eigenvalue weighted by Crippen LogP contribution is -2.37. The Morgan fingerprint density at radius 1 is 1.41 bits per heavy atom. The topological polar surface area (TPSA) is 69.5 Å². The number of rotatable bonds is 3. The molecule has 0 spiro atoms. The summed E-state index contributed by atoms with van der Waals surface area (Å²) in [6.45, 7) is 6.77. The van der Waals surface area contributed by atoms with E-state index in [2.05, 4.69) is 14.9 Å². The highest BCUT2D eigenvalue weighted by atomic mass is 16.5. The van der Waals surface area contributed by atoms with E-state index < -0.39 is 0 Å². The highest BCUT2D eigenvalue weighted by Crippen LogP contribution is 2.30. The summed E-state index contributed by atoms with van der Waals surface area (Å²) in [5, 5.41) is 0. The Balaban J connectivity index is 2.19. The molecule has 0 bridgehead atoms. The molecule has 22 heavy (non-hydrogen) atoms. The third-order valence-corrected chi connectivity index (χ3v) is 3.91. The van der Waals surface area contributed by atoms with E-state index in [1.54, 1.807) is 13.1 Å². The first-order valence-corrected chi connectivity index (χ1v) is 7.45. The average molecular weight is 304 g/mol. The number of esters is 1. The van der Waals surface area contributed by atoms with Crippen molar-refractivity contribution in [1.82, 2.24) is 14.5 Å². The molecular formula is C15H20N4O3. The van der Waals surface area contributed by atoms with Crippen LogP contribution in [0, 0.1) is 6.92 Å². The minimum Gasteiger partial charge on any atom is -0.462 e. The number of ether oxygens (including phenoxy) is 2. The fourth-order valence-corrected chi connectivity index (χ4v) is 2.69. The van der Waals surface area contributed by atoms with E-state index >= 15 is 0 Å². The molecule has 0 aliphatic carbocycles. The zero-order chi connectivity index (χ0) is 15.7. The Labute approximate surface area is 128 Å². The minimum atomic E-state index is -0.360. The van der Waals surface area contributed by atoms with Gasteiger partial charge < -0.3 is 18.9 Å². The summed E-state index contributed by atoms with van der Waals surface area (Å²) in [7, 11) is 1.92. The van der Waals surface area contributed by atoms with Crippen LogP contribution in [0.5, 0.6) is 0 Å². The van der Waals surface area contributed by atoms with Gasteiger partial charge in [-0.05, 0) is 13.8 Å². The van der Waals surface area contributed by atoms with E-state index in [0.29, 0.717) is 25.4 Å². The molecular weight excluding hydrogens is 284 g/mol. The summed E-state index contributed by atoms with van der Waals surface area (Å²) in [5.74, 6) is 0.500. The van der Waals surface area contributed by atoms with Crippen molar-refractivity contribution in [3.05, 3.63) is 17.6 Å². The third kappa shape index (κ3) is 2.41. The maximum atomic E-state index is 12.3. The Kier molecular flexibility index (Phi) is 3.98. The van der Waals surface area contributed by atoms with Gasteiger partial charge in [0.2, 0.25) is 0 Å². The van der Waals surface area contributed by atoms with Gasteiger partial charge in [0.05, 0.1) is 25.5 Å². The maximum absolute atomic E-state index is 12.3. The lowest BCUT2D eigenvalue weighted by Gasteiger charge is -2.30. The summed E-state index contributed by atoms with van der Waals surface area (Å²) in [6, 6.07) is 0. The Bertz CT molecular complexity index is 704. The number of morpholine rings is 1. The van der Waals surface area contributed by atoms with E-state index in [1.165, 1.54) is 0 Å². The Morgan fingerprint density at radius 3 is 2.82 bits per heavy atom. The van der Waals surface area contributed by atoms with Crippen LogP contribution in [0.15, 0.2) is 6.20 Å². The van der Waals surface area contributed by atoms with Crippen molar-refractivity contribution in [3.8, 4) is 0 Å². The fraction of sp³-hybridized carbons (Fsp3) is 0.533. The van der Waals surface area contributed by atoms with Gasteiger partial charge in [-0.1, -0.05) is 0 Å². The van der Waals surface area contributed by atoms with Crippen LogP contribution in [0.1, 0.15) is 23.1 Å². The van der Waals surface area contributed by atoms with Crippen LogP contribution < -0.4 is 4.90 Å². The molecule has 0 aromatic carbocycles. The number of carbonyl (C=O) groups is 1. The van der Waals surface area contributed by atoms with Gasteiger partial charge in [-0.2, -0.15) is 0 Å². The standard InChI is InChI=1S/C15H20N4O3/c1-4-22-15(20)11-9-16-14-12(17-10(2)18(14)3)13(11)19-5-7-21-8-6-19/h9H,4-8H2,1-3H3. The number of pyridine rings is 1. The zero-order valence-electron chi connectivity index (χ0n) is 13.1. The van der Waals surface area contributed by atoms with Gasteiger partial charge in [0.25, 0.3) is 0 Å². The third-order valence-electron chi connectivity index (χ3n) is 3.91. The summed E-state index contributed by atoms with van der Waals surface area (Å²) in [6.07, 6.45) is 1.59. The van der Waals surface area contributed by atoms with Gasteiger partial charge >= 0.3 is 5.97 Å². The first-order chi connectivity index (χ1) is 10.6. The highest BCUT2D eigenvalue weighted by molar-refractivity contribution is 6.03. The molecule has 3 rings (SSSR count). The van der Waals surface area contributed by atoms with E-state index in [4.69, 9.17) is 9.47 Å². The second kappa shape index (κ2) is 5.92. The Hall–Kier alpha value is -2.15. The van der Waals surface area contributed by atoms with E-state index in [0.717, 1.165) is 35.8 Å². The van der Waals surface area contributed by atoms with Crippen molar-refractivity contribution in [2.75, 3.05) is 37.8 Å². The minimum absolute atomic E-state index is 0.334. The predicted molar refractivity (Wildman–Crippen MR) is 82.2 cm³/mol. The quantitative estimate of drug-likeness (QED) is 0.796. The van der Waals surface area contributed by atoms with Gasteiger partial charge in [0.15, 0.2) is 5.65 Å². The number of anilines is 1. The highest BCUT2D eigenvalue weighted by Gasteiger charge is 2.25. The zero-order valence-corrected chi connectivity index (χ0v) is 13.1. The maximum Gasteiger partial charge on any atom is 0.341 e. The molecule has 0 N–H and O–H groups in total. The van der Waals surface area contributed by atoms with E-state index in [1.807, 2.05) is 18.5 Å². The van der Waals surface area contributed by atoms with Gasteiger partial charge in [-0.15, -0.1) is 0 Å². The summed E-state index contributed by atoms with van der Waals surface area (Å²) in [5.41, 5.74) is 2.78. The lowest BCUT2D eigenvalue weighted by molar-refractivity contribution is 0.0526. The average Bonchev–Trinajstić information content (AvgIpc) is 2.82. The number of aromatic nitrogens is 3. The number of imidazole rings is 1. The molecule has 2 aromatic heterocycles. The number of carbonyl (C=O) groups excluding carboxylic acids is 1. The second-order valence-electron chi connectivity index (χ2n) is 5.23. The number of hydrogen-bond acceptors (Lipinski definition) is 6. The lowest BCUT2D eigenvalue weighted by atomic mass is 10.2. The largest absolute Gasteiger partial charge is 0.462 e. The molecule has 0 amide bonds. The van der Waals surface area contributed by atoms with Gasteiger partial charge in [-0.3, -0.25) is 0 Å². The molecule has 3 heterocycles. The molecule has 118 valence electrons. The predicted octanol–water partition coefficient (Wildman–Crippen LogP) is 1.29. The van der Waals surface area contributed by atoms with Crippen molar-refractivity contribution in [1.29, 1.82) is 0 Å². The first-order valence-electron chi connectivity index (χ1n) is 7.45. The summed E-state index contributed by atoms with van der Waals surface area (Å²) >= 11 is 0. The van der Waals surface area contributed by atoms with Crippen molar-refractivity contribution in [2.45, 2.75) is 13.8 Å². The molecule has 7 heteroatoms. The molecule has 1 aliphatic heterocycles. The molecule has 0 unspecified atom stereocenters. The van der Waals surface area contributed by atoms with Crippen molar-refractivity contribution in [2.24, 2.45) is 7.05 Å². The molecule has 0 saturated carbocycles. The molecule has 1 aliphatic rings. The first kappa shape index (κ1) is 14.8. The Morgan fingerprint density at radius 2 is 2.14 bits per heavy atom. The van der Waals surface area contributed by atoms with Crippen LogP contribution in [0.2, 0.25) is 0 Å². The van der Waals surface area contributed by atoms with Crippen LogP contribution >= 0.6 is 0 Å². The SMILES string of the molecule is CCOC(=O)c1cnc2c(nc(C)n2C)c1N1CCOCC1. The molecule has 1 saturated heterocycles. The van der Waals surface area contributed by atoms with Crippen LogP contribution in [-0.4, -0.2) is 53.4 Å². The molecule has 7 nitrogen and oxygen atoms in total. The second-order valence-corrected chi connectivity index (χ2v) is 5.23. The van der Waals surface area contributed by atoms with Crippen molar-refractivity contribution < 1.29 is 14.3 Å². The molecule has 2 aromatic rings. The normalized spacial score (nSPS) is 15.3. The summed E-state index contributed by atoms with van der Waals surface area (Å²) < 4.78 is 12.5. The smallest absolute Gasteiger partial charge is 0.341 e. The monoisotopic (exact) mass is 304 g/mol. The summed E-state index contributed by atoms with van der Waals surface area (Å²) in [4.78, 5) is 23.4. The molecule has 0 atom stereocenters. The molecule has 0 radical (unpaired) electrons.